The van der Waals surface area contributed by atoms with Crippen LogP contribution in [0.1, 0.15) is 47.0 Å². The molecule has 2 amide bonds. The third-order valence-corrected chi connectivity index (χ3v) is 3.99. The SMILES string of the molecule is CCC(C)N(CC(=O)O)C(=O)N1CCCC1C(C)C. The Morgan fingerprint density at radius 1 is 1.37 bits per heavy atom. The van der Waals surface area contributed by atoms with Crippen LogP contribution in [0.15, 0.2) is 0 Å². The van der Waals surface area contributed by atoms with Gasteiger partial charge < -0.3 is 14.9 Å². The number of hydrogen-bond acceptors (Lipinski definition) is 2. The second kappa shape index (κ2) is 6.78. The van der Waals surface area contributed by atoms with Gasteiger partial charge in [0.15, 0.2) is 0 Å². The lowest BCUT2D eigenvalue weighted by molar-refractivity contribution is -0.138. The summed E-state index contributed by atoms with van der Waals surface area (Å²) >= 11 is 0. The van der Waals surface area contributed by atoms with Gasteiger partial charge in [-0.25, -0.2) is 4.79 Å². The second-order valence-corrected chi connectivity index (χ2v) is 5.71. The molecule has 1 aliphatic heterocycles. The van der Waals surface area contributed by atoms with Crippen molar-refractivity contribution in [3.05, 3.63) is 0 Å². The summed E-state index contributed by atoms with van der Waals surface area (Å²) < 4.78 is 0. The molecule has 0 aromatic heterocycles. The highest BCUT2D eigenvalue weighted by molar-refractivity contribution is 5.81. The molecule has 1 aliphatic rings. The van der Waals surface area contributed by atoms with E-state index in [4.69, 9.17) is 5.11 Å². The minimum Gasteiger partial charge on any atom is -0.480 e. The molecule has 0 radical (unpaired) electrons. The van der Waals surface area contributed by atoms with E-state index >= 15 is 0 Å². The highest BCUT2D eigenvalue weighted by Crippen LogP contribution is 2.25. The van der Waals surface area contributed by atoms with E-state index in [0.29, 0.717) is 5.92 Å². The van der Waals surface area contributed by atoms with Crippen LogP contribution in [0.3, 0.4) is 0 Å². The highest BCUT2D eigenvalue weighted by Gasteiger charge is 2.35. The Balaban J connectivity index is 2.83. The summed E-state index contributed by atoms with van der Waals surface area (Å²) in [5, 5.41) is 8.98. The van der Waals surface area contributed by atoms with Gasteiger partial charge in [-0.05, 0) is 32.1 Å². The molecule has 1 fully saturated rings. The number of hydrogen-bond donors (Lipinski definition) is 1. The minimum absolute atomic E-state index is 0.0444. The van der Waals surface area contributed by atoms with E-state index in [-0.39, 0.29) is 24.7 Å². The van der Waals surface area contributed by atoms with Crippen molar-refractivity contribution in [3.63, 3.8) is 0 Å². The number of aliphatic carboxylic acids is 1. The van der Waals surface area contributed by atoms with E-state index in [1.165, 1.54) is 4.90 Å². The number of carbonyl (C=O) groups is 2. The van der Waals surface area contributed by atoms with Gasteiger partial charge in [0.2, 0.25) is 0 Å². The second-order valence-electron chi connectivity index (χ2n) is 5.71. The molecule has 19 heavy (non-hydrogen) atoms. The van der Waals surface area contributed by atoms with Crippen LogP contribution in [0.4, 0.5) is 4.79 Å². The third-order valence-electron chi connectivity index (χ3n) is 3.99. The molecular weight excluding hydrogens is 244 g/mol. The van der Waals surface area contributed by atoms with Crippen LogP contribution in [0, 0.1) is 5.92 Å². The molecule has 0 bridgehead atoms. The molecule has 1 heterocycles. The number of carboxylic acids is 1. The molecule has 2 unspecified atom stereocenters. The number of carbonyl (C=O) groups excluding carboxylic acids is 1. The first-order chi connectivity index (χ1) is 8.88. The lowest BCUT2D eigenvalue weighted by atomic mass is 10.0. The monoisotopic (exact) mass is 270 g/mol. The summed E-state index contributed by atoms with van der Waals surface area (Å²) in [4.78, 5) is 26.9. The largest absolute Gasteiger partial charge is 0.480 e. The topological polar surface area (TPSA) is 60.9 Å². The third kappa shape index (κ3) is 3.85. The van der Waals surface area contributed by atoms with E-state index in [0.717, 1.165) is 25.8 Å². The maximum absolute atomic E-state index is 12.6. The van der Waals surface area contributed by atoms with E-state index in [1.54, 1.807) is 0 Å². The van der Waals surface area contributed by atoms with Gasteiger partial charge in [0, 0.05) is 18.6 Å². The van der Waals surface area contributed by atoms with Crippen molar-refractivity contribution in [1.82, 2.24) is 9.80 Å². The fraction of sp³-hybridized carbons (Fsp3) is 0.857. The molecule has 5 nitrogen and oxygen atoms in total. The van der Waals surface area contributed by atoms with Crippen molar-refractivity contribution in [2.75, 3.05) is 13.1 Å². The lowest BCUT2D eigenvalue weighted by Gasteiger charge is -2.35. The molecule has 1 N–H and O–H groups in total. The van der Waals surface area contributed by atoms with Crippen LogP contribution in [0.5, 0.6) is 0 Å². The fourth-order valence-electron chi connectivity index (χ4n) is 2.67. The molecule has 1 rings (SSSR count). The highest BCUT2D eigenvalue weighted by atomic mass is 16.4. The Hall–Kier alpha value is -1.26. The van der Waals surface area contributed by atoms with Crippen LogP contribution in [-0.4, -0.2) is 52.1 Å². The van der Waals surface area contributed by atoms with Gasteiger partial charge in [0.25, 0.3) is 0 Å². The zero-order valence-electron chi connectivity index (χ0n) is 12.4. The first-order valence-corrected chi connectivity index (χ1v) is 7.17. The predicted molar refractivity (Wildman–Crippen MR) is 74.1 cm³/mol. The number of nitrogens with zero attached hydrogens (tertiary/aromatic N) is 2. The maximum atomic E-state index is 12.6. The van der Waals surface area contributed by atoms with Crippen LogP contribution in [0.2, 0.25) is 0 Å². The Morgan fingerprint density at radius 2 is 2.00 bits per heavy atom. The van der Waals surface area contributed by atoms with Crippen LogP contribution >= 0.6 is 0 Å². The van der Waals surface area contributed by atoms with Crippen molar-refractivity contribution in [3.8, 4) is 0 Å². The van der Waals surface area contributed by atoms with Gasteiger partial charge in [0.05, 0.1) is 0 Å². The predicted octanol–water partition coefficient (Wildman–Crippen LogP) is 2.41. The molecule has 0 aromatic rings. The first kappa shape index (κ1) is 15.8. The van der Waals surface area contributed by atoms with Crippen molar-refractivity contribution in [2.45, 2.75) is 59.0 Å². The number of rotatable bonds is 5. The Kier molecular flexibility index (Phi) is 5.63. The molecule has 110 valence electrons. The average molecular weight is 270 g/mol. The number of likely N-dealkylation sites (tertiary alicyclic amines) is 1. The smallest absolute Gasteiger partial charge is 0.323 e. The summed E-state index contributed by atoms with van der Waals surface area (Å²) in [5.74, 6) is -0.538. The quantitative estimate of drug-likeness (QED) is 0.834. The molecule has 0 aliphatic carbocycles. The standard InChI is InChI=1S/C14H26N2O3/c1-5-11(4)16(9-13(17)18)14(19)15-8-6-7-12(15)10(2)3/h10-12H,5-9H2,1-4H3,(H,17,18). The van der Waals surface area contributed by atoms with Crippen molar-refractivity contribution >= 4 is 12.0 Å². The molecule has 0 spiro atoms. The molecule has 1 saturated heterocycles. The van der Waals surface area contributed by atoms with Gasteiger partial charge in [-0.3, -0.25) is 4.79 Å². The molecule has 0 aromatic carbocycles. The first-order valence-electron chi connectivity index (χ1n) is 7.17. The summed E-state index contributed by atoms with van der Waals surface area (Å²) in [6.45, 7) is 8.63. The van der Waals surface area contributed by atoms with Gasteiger partial charge in [-0.15, -0.1) is 0 Å². The van der Waals surface area contributed by atoms with E-state index in [1.807, 2.05) is 18.7 Å². The normalized spacial score (nSPS) is 20.7. The van der Waals surface area contributed by atoms with Gasteiger partial charge in [-0.2, -0.15) is 0 Å². The van der Waals surface area contributed by atoms with Crippen molar-refractivity contribution in [1.29, 1.82) is 0 Å². The maximum Gasteiger partial charge on any atom is 0.323 e. The van der Waals surface area contributed by atoms with Gasteiger partial charge in [0.1, 0.15) is 6.54 Å². The van der Waals surface area contributed by atoms with E-state index < -0.39 is 5.97 Å². The van der Waals surface area contributed by atoms with Crippen LogP contribution < -0.4 is 0 Å². The fourth-order valence-corrected chi connectivity index (χ4v) is 2.67. The summed E-state index contributed by atoms with van der Waals surface area (Å²) in [6.07, 6.45) is 2.79. The molecular formula is C14H26N2O3. The van der Waals surface area contributed by atoms with E-state index in [2.05, 4.69) is 13.8 Å². The van der Waals surface area contributed by atoms with Crippen molar-refractivity contribution in [2.24, 2.45) is 5.92 Å². The van der Waals surface area contributed by atoms with Gasteiger partial charge >= 0.3 is 12.0 Å². The molecule has 2 atom stereocenters. The summed E-state index contributed by atoms with van der Waals surface area (Å²) in [7, 11) is 0. The Labute approximate surface area is 115 Å². The molecule has 0 saturated carbocycles. The summed E-state index contributed by atoms with van der Waals surface area (Å²) in [6, 6.07) is 0.0813. The van der Waals surface area contributed by atoms with Crippen LogP contribution in [0.25, 0.3) is 0 Å². The lowest BCUT2D eigenvalue weighted by Crippen LogP contribution is -2.51. The Morgan fingerprint density at radius 3 is 2.47 bits per heavy atom. The van der Waals surface area contributed by atoms with E-state index in [9.17, 15) is 9.59 Å². The number of urea groups is 1. The minimum atomic E-state index is -0.950. The van der Waals surface area contributed by atoms with Crippen LogP contribution in [-0.2, 0) is 4.79 Å². The Bertz CT molecular complexity index is 331. The van der Waals surface area contributed by atoms with Crippen molar-refractivity contribution < 1.29 is 14.7 Å². The zero-order chi connectivity index (χ0) is 14.6. The summed E-state index contributed by atoms with van der Waals surface area (Å²) in [5.41, 5.74) is 0. The number of carboxylic acid groups (broad SMARTS) is 1. The van der Waals surface area contributed by atoms with Gasteiger partial charge in [-0.1, -0.05) is 20.8 Å². The number of amides is 2. The zero-order valence-corrected chi connectivity index (χ0v) is 12.4. The molecule has 5 heteroatoms. The average Bonchev–Trinajstić information content (AvgIpc) is 2.83.